The quantitative estimate of drug-likeness (QED) is 0.101. The van der Waals surface area contributed by atoms with Gasteiger partial charge in [-0.15, -0.1) is 23.1 Å². The Morgan fingerprint density at radius 2 is 2.02 bits per heavy atom. The maximum atomic E-state index is 13.0. The van der Waals surface area contributed by atoms with Crippen LogP contribution < -0.4 is 11.5 Å². The Morgan fingerprint density at radius 1 is 1.25 bits per heavy atom. The summed E-state index contributed by atoms with van der Waals surface area (Å²) in [6.45, 7) is 5.81. The highest BCUT2D eigenvalue weighted by Crippen LogP contribution is 2.40. The molecule has 2 atom stereocenters. The van der Waals surface area contributed by atoms with E-state index < -0.39 is 5.91 Å². The zero-order valence-corrected chi connectivity index (χ0v) is 27.6. The molecule has 4 heterocycles. The van der Waals surface area contributed by atoms with Crippen molar-refractivity contribution < 1.29 is 4.79 Å². The Labute approximate surface area is 266 Å². The van der Waals surface area contributed by atoms with E-state index in [1.807, 2.05) is 24.6 Å². The summed E-state index contributed by atoms with van der Waals surface area (Å²) in [6, 6.07) is 3.98. The largest absolute Gasteiger partial charge is 0.387 e. The molecule has 44 heavy (non-hydrogen) atoms. The van der Waals surface area contributed by atoms with Crippen LogP contribution in [0.2, 0.25) is 0 Å². The Balaban J connectivity index is 1.48. The molecule has 0 bridgehead atoms. The first-order valence-corrected chi connectivity index (χ1v) is 17.0. The average molecular weight is 633 g/mol. The number of nitrogens with one attached hydrogen (secondary N) is 1. The van der Waals surface area contributed by atoms with Crippen molar-refractivity contribution in [1.82, 2.24) is 29.5 Å². The van der Waals surface area contributed by atoms with Gasteiger partial charge in [-0.05, 0) is 51.9 Å². The van der Waals surface area contributed by atoms with Gasteiger partial charge in [-0.2, -0.15) is 9.61 Å². The number of hydrogen-bond acceptors (Lipinski definition) is 9. The van der Waals surface area contributed by atoms with E-state index in [1.165, 1.54) is 4.88 Å². The Bertz CT molecular complexity index is 1700. The van der Waals surface area contributed by atoms with Gasteiger partial charge in [-0.25, -0.2) is 15.0 Å². The second kappa shape index (κ2) is 13.4. The van der Waals surface area contributed by atoms with Crippen LogP contribution in [0.25, 0.3) is 27.5 Å². The number of carbonyl (C=O) groups is 1. The highest BCUT2D eigenvalue weighted by atomic mass is 32.2. The molecule has 1 aliphatic carbocycles. The summed E-state index contributed by atoms with van der Waals surface area (Å²) in [5.41, 5.74) is 17.6. The van der Waals surface area contributed by atoms with Crippen LogP contribution in [-0.2, 0) is 11.2 Å². The standard InChI is InChI=1S/C31H40N10OS2/c1-6-9-24-17(2)37-30(44-24)23-13-12-20(15-35-23)22-16-36-41-28(34)26(43-5)25(39-29(22)41)19-10-7-8-11-21(14-19)40(4)31(42)27(33)38-18(3)32/h12-13,15-16,19,21H,6-11,14,34H2,1-5H3,(H3,32,33,38)/t19?,21-/m0/s1. The van der Waals surface area contributed by atoms with Crippen molar-refractivity contribution in [2.75, 3.05) is 19.0 Å². The summed E-state index contributed by atoms with van der Waals surface area (Å²) in [7, 11) is 1.75. The maximum absolute atomic E-state index is 13.0. The monoisotopic (exact) mass is 632 g/mol. The van der Waals surface area contributed by atoms with Crippen molar-refractivity contribution >= 4 is 52.1 Å². The molecule has 0 spiro atoms. The highest BCUT2D eigenvalue weighted by molar-refractivity contribution is 7.98. The molecule has 1 fully saturated rings. The molecule has 0 aromatic carbocycles. The topological polar surface area (TPSA) is 165 Å². The number of nitrogens with two attached hydrogens (primary N) is 2. The molecule has 5 N–H and O–H groups in total. The summed E-state index contributed by atoms with van der Waals surface area (Å²) in [6.07, 6.45) is 12.2. The summed E-state index contributed by atoms with van der Waals surface area (Å²) in [5, 5.41) is 13.6. The normalized spacial score (nSPS) is 17.5. The minimum absolute atomic E-state index is 0.0638. The number of pyridine rings is 1. The average Bonchev–Trinajstić information content (AvgIpc) is 3.50. The van der Waals surface area contributed by atoms with E-state index in [0.29, 0.717) is 17.9 Å². The van der Waals surface area contributed by atoms with Gasteiger partial charge in [-0.1, -0.05) is 32.3 Å². The number of aryl methyl sites for hydroxylation is 2. The molecule has 4 aromatic heterocycles. The van der Waals surface area contributed by atoms with Crippen LogP contribution in [0.3, 0.4) is 0 Å². The van der Waals surface area contributed by atoms with Crippen molar-refractivity contribution in [3.05, 3.63) is 40.8 Å². The number of amides is 1. The summed E-state index contributed by atoms with van der Waals surface area (Å²) in [5.74, 6) is 0.0349. The van der Waals surface area contributed by atoms with Crippen LogP contribution in [-0.4, -0.2) is 66.4 Å². The Hall–Kier alpha value is -3.84. The molecule has 1 saturated carbocycles. The molecule has 0 saturated heterocycles. The fourth-order valence-electron chi connectivity index (χ4n) is 5.88. The van der Waals surface area contributed by atoms with Crippen molar-refractivity contribution in [1.29, 1.82) is 5.41 Å². The zero-order valence-electron chi connectivity index (χ0n) is 25.9. The molecule has 5 rings (SSSR count). The Morgan fingerprint density at radius 3 is 2.70 bits per heavy atom. The number of aromatic nitrogens is 5. The minimum atomic E-state index is -0.433. The number of likely N-dealkylation sites (N-methyl/N-ethyl adjacent to an activating group) is 1. The van der Waals surface area contributed by atoms with E-state index in [9.17, 15) is 4.79 Å². The van der Waals surface area contributed by atoms with Gasteiger partial charge in [0.2, 0.25) is 5.84 Å². The van der Waals surface area contributed by atoms with Crippen LogP contribution in [0.15, 0.2) is 34.4 Å². The molecular weight excluding hydrogens is 593 g/mol. The zero-order chi connectivity index (χ0) is 31.5. The van der Waals surface area contributed by atoms with Crippen LogP contribution in [0.4, 0.5) is 5.82 Å². The number of aliphatic imine (C=N–C) groups is 1. The van der Waals surface area contributed by atoms with Crippen molar-refractivity contribution in [3.8, 4) is 21.8 Å². The number of fused-ring (bicyclic) bond motifs is 1. The van der Waals surface area contributed by atoms with Gasteiger partial charge in [0.05, 0.1) is 34.0 Å². The molecule has 0 aliphatic heterocycles. The number of nitrogens with zero attached hydrogens (tertiary/aromatic N) is 7. The smallest absolute Gasteiger partial charge is 0.291 e. The van der Waals surface area contributed by atoms with Gasteiger partial charge < -0.3 is 16.4 Å². The second-order valence-electron chi connectivity index (χ2n) is 11.3. The van der Waals surface area contributed by atoms with Crippen LogP contribution in [0, 0.1) is 12.3 Å². The van der Waals surface area contributed by atoms with E-state index in [1.54, 1.807) is 52.7 Å². The molecule has 232 valence electrons. The number of thiazole rings is 1. The maximum Gasteiger partial charge on any atom is 0.291 e. The molecule has 13 heteroatoms. The van der Waals surface area contributed by atoms with Gasteiger partial charge in [0.1, 0.15) is 10.8 Å². The molecule has 1 unspecified atom stereocenters. The second-order valence-corrected chi connectivity index (χ2v) is 13.2. The number of carbonyl (C=O) groups excluding carboxylic acids is 1. The summed E-state index contributed by atoms with van der Waals surface area (Å²) in [4.78, 5) is 35.4. The first-order chi connectivity index (χ1) is 21.1. The fraction of sp³-hybridized carbons (Fsp3) is 0.452. The first-order valence-electron chi connectivity index (χ1n) is 14.9. The number of thioether (sulfide) groups is 1. The third-order valence-electron chi connectivity index (χ3n) is 8.17. The first kappa shape index (κ1) is 31.6. The van der Waals surface area contributed by atoms with Gasteiger partial charge >= 0.3 is 0 Å². The van der Waals surface area contributed by atoms with Gasteiger partial charge in [0.15, 0.2) is 5.65 Å². The predicted molar refractivity (Wildman–Crippen MR) is 180 cm³/mol. The van der Waals surface area contributed by atoms with Crippen molar-refractivity contribution in [2.45, 2.75) is 82.6 Å². The van der Waals surface area contributed by atoms with Crippen LogP contribution >= 0.6 is 23.1 Å². The molecule has 1 amide bonds. The molecule has 4 aromatic rings. The lowest BCUT2D eigenvalue weighted by atomic mass is 9.93. The number of anilines is 1. The SMILES string of the molecule is CCCc1sc(-c2ccc(-c3cnn4c(N)c(SC)c(C5CCCC[C@H](N(C)C(=O)C(=N)N=C(C)N)C5)nc34)cn2)nc1C. The Kier molecular flexibility index (Phi) is 9.64. The number of amidine groups is 2. The number of hydrogen-bond donors (Lipinski definition) is 3. The van der Waals surface area contributed by atoms with Crippen LogP contribution in [0.1, 0.15) is 74.6 Å². The third-order valence-corrected chi connectivity index (χ3v) is 10.2. The predicted octanol–water partition coefficient (Wildman–Crippen LogP) is 5.71. The van der Waals surface area contributed by atoms with Crippen molar-refractivity contribution in [3.63, 3.8) is 0 Å². The van der Waals surface area contributed by atoms with Crippen LogP contribution in [0.5, 0.6) is 0 Å². The molecular formula is C31H40N10OS2. The summed E-state index contributed by atoms with van der Waals surface area (Å²) < 4.78 is 1.71. The molecule has 0 radical (unpaired) electrons. The third kappa shape index (κ3) is 6.34. The lowest BCUT2D eigenvalue weighted by molar-refractivity contribution is -0.125. The van der Waals surface area contributed by atoms with Gasteiger partial charge in [0, 0.05) is 41.2 Å². The highest BCUT2D eigenvalue weighted by Gasteiger charge is 2.31. The lowest BCUT2D eigenvalue weighted by Crippen LogP contribution is -2.41. The fourth-order valence-corrected chi connectivity index (χ4v) is 7.73. The lowest BCUT2D eigenvalue weighted by Gasteiger charge is -2.29. The van der Waals surface area contributed by atoms with Gasteiger partial charge in [-0.3, -0.25) is 15.2 Å². The van der Waals surface area contributed by atoms with Crippen molar-refractivity contribution in [2.24, 2.45) is 10.7 Å². The van der Waals surface area contributed by atoms with E-state index in [2.05, 4.69) is 23.9 Å². The van der Waals surface area contributed by atoms with E-state index in [4.69, 9.17) is 31.8 Å². The number of rotatable bonds is 7. The van der Waals surface area contributed by atoms with E-state index >= 15 is 0 Å². The summed E-state index contributed by atoms with van der Waals surface area (Å²) >= 11 is 3.27. The molecule has 11 nitrogen and oxygen atoms in total. The van der Waals surface area contributed by atoms with E-state index in [0.717, 1.165) is 76.6 Å². The van der Waals surface area contributed by atoms with Gasteiger partial charge in [0.25, 0.3) is 5.91 Å². The molecule has 1 aliphatic rings. The minimum Gasteiger partial charge on any atom is -0.387 e. The number of nitrogen functional groups attached to an aromatic ring is 1. The van der Waals surface area contributed by atoms with E-state index in [-0.39, 0.29) is 23.6 Å².